The molecule has 0 aliphatic heterocycles. The van der Waals surface area contributed by atoms with Crippen LogP contribution in [0.25, 0.3) is 33.4 Å². The topological polar surface area (TPSA) is 80.2 Å². The fraction of sp³-hybridized carbons (Fsp3) is 0.200. The molecule has 7 nitrogen and oxygen atoms in total. The molecular weight excluding hydrogens is 421 g/mol. The van der Waals surface area contributed by atoms with Gasteiger partial charge in [-0.3, -0.25) is 9.78 Å². The minimum absolute atomic E-state index is 0.0319. The second kappa shape index (κ2) is 9.60. The van der Waals surface area contributed by atoms with Crippen LogP contribution < -0.4 is 10.1 Å². The Balaban J connectivity index is 1.85. The van der Waals surface area contributed by atoms with E-state index in [1.807, 2.05) is 24.3 Å². The summed E-state index contributed by atoms with van der Waals surface area (Å²) in [5.41, 5.74) is 3.03. The predicted molar refractivity (Wildman–Crippen MR) is 127 cm³/mol. The first-order chi connectivity index (χ1) is 16.0. The second-order valence-electron chi connectivity index (χ2n) is 7.65. The number of ether oxygens (including phenoxy) is 1. The highest BCUT2D eigenvalue weighted by Gasteiger charge is 2.16. The molecular formula is C25H24FN5O2. The molecule has 4 aromatic rings. The molecule has 2 heterocycles. The van der Waals surface area contributed by atoms with Crippen molar-refractivity contribution in [3.63, 3.8) is 0 Å². The van der Waals surface area contributed by atoms with Crippen LogP contribution in [0.15, 0.2) is 60.9 Å². The lowest BCUT2D eigenvalue weighted by molar-refractivity contribution is -0.129. The largest absolute Gasteiger partial charge is 0.491 e. The van der Waals surface area contributed by atoms with Gasteiger partial charge in [0.15, 0.2) is 5.82 Å². The normalized spacial score (nSPS) is 10.8. The van der Waals surface area contributed by atoms with Crippen molar-refractivity contribution >= 4 is 22.6 Å². The van der Waals surface area contributed by atoms with Gasteiger partial charge >= 0.3 is 0 Å². The van der Waals surface area contributed by atoms with Gasteiger partial charge in [-0.1, -0.05) is 12.1 Å². The number of benzene rings is 2. The van der Waals surface area contributed by atoms with Crippen molar-refractivity contribution in [1.29, 1.82) is 0 Å². The van der Waals surface area contributed by atoms with Gasteiger partial charge in [0.2, 0.25) is 5.91 Å². The number of nitrogens with one attached hydrogen (secondary N) is 1. The first-order valence-corrected chi connectivity index (χ1v) is 10.5. The molecule has 0 aliphatic carbocycles. The van der Waals surface area contributed by atoms with E-state index in [1.54, 1.807) is 45.7 Å². The van der Waals surface area contributed by atoms with Crippen LogP contribution in [0, 0.1) is 5.82 Å². The summed E-state index contributed by atoms with van der Waals surface area (Å²) in [6, 6.07) is 13.8. The van der Waals surface area contributed by atoms with Gasteiger partial charge in [0.1, 0.15) is 22.9 Å². The molecule has 8 heteroatoms. The quantitative estimate of drug-likeness (QED) is 0.454. The van der Waals surface area contributed by atoms with Crippen LogP contribution >= 0.6 is 0 Å². The Bertz CT molecular complexity index is 1280. The number of rotatable bonds is 7. The van der Waals surface area contributed by atoms with E-state index in [0.29, 0.717) is 22.9 Å². The fourth-order valence-electron chi connectivity index (χ4n) is 3.41. The van der Waals surface area contributed by atoms with Crippen LogP contribution in [0.1, 0.15) is 6.42 Å². The molecule has 0 unspecified atom stereocenters. The summed E-state index contributed by atoms with van der Waals surface area (Å²) in [6.07, 6.45) is 3.62. The van der Waals surface area contributed by atoms with Crippen LogP contribution in [0.4, 0.5) is 10.2 Å². The third-order valence-corrected chi connectivity index (χ3v) is 5.17. The molecule has 0 fully saturated rings. The SMILES string of the molecule is CNc1nc(-c2cccnc2)nc2c(OCCC(=O)N(C)C)cc(-c3ccc(F)cc3)cc12. The Morgan fingerprint density at radius 3 is 2.52 bits per heavy atom. The maximum atomic E-state index is 13.5. The minimum Gasteiger partial charge on any atom is -0.491 e. The summed E-state index contributed by atoms with van der Waals surface area (Å²) in [5, 5.41) is 3.89. The highest BCUT2D eigenvalue weighted by atomic mass is 19.1. The van der Waals surface area contributed by atoms with Crippen LogP contribution in [0.2, 0.25) is 0 Å². The Morgan fingerprint density at radius 1 is 1.06 bits per heavy atom. The van der Waals surface area contributed by atoms with E-state index < -0.39 is 0 Å². The highest BCUT2D eigenvalue weighted by Crippen LogP contribution is 2.36. The van der Waals surface area contributed by atoms with E-state index in [1.165, 1.54) is 17.0 Å². The first-order valence-electron chi connectivity index (χ1n) is 10.5. The molecule has 2 aromatic heterocycles. The van der Waals surface area contributed by atoms with Crippen molar-refractivity contribution in [3.8, 4) is 28.3 Å². The Kier molecular flexibility index (Phi) is 6.44. The first kappa shape index (κ1) is 22.1. The number of carbonyl (C=O) groups excluding carboxylic acids is 1. The summed E-state index contributed by atoms with van der Waals surface area (Å²) in [6.45, 7) is 0.195. The maximum Gasteiger partial charge on any atom is 0.225 e. The van der Waals surface area contributed by atoms with Gasteiger partial charge in [0.05, 0.1) is 13.0 Å². The van der Waals surface area contributed by atoms with Crippen molar-refractivity contribution in [2.45, 2.75) is 6.42 Å². The van der Waals surface area contributed by atoms with E-state index in [9.17, 15) is 9.18 Å². The van der Waals surface area contributed by atoms with Crippen molar-refractivity contribution in [3.05, 3.63) is 66.7 Å². The van der Waals surface area contributed by atoms with Gasteiger partial charge in [0.25, 0.3) is 0 Å². The molecule has 0 radical (unpaired) electrons. The molecule has 0 saturated heterocycles. The average molecular weight is 445 g/mol. The molecule has 168 valence electrons. The highest BCUT2D eigenvalue weighted by molar-refractivity contribution is 5.97. The number of pyridine rings is 1. The van der Waals surface area contributed by atoms with Crippen molar-refractivity contribution < 1.29 is 13.9 Å². The Labute approximate surface area is 191 Å². The van der Waals surface area contributed by atoms with Crippen molar-refractivity contribution in [1.82, 2.24) is 19.9 Å². The van der Waals surface area contributed by atoms with Gasteiger partial charge in [-0.05, 0) is 47.5 Å². The third kappa shape index (κ3) is 4.90. The minimum atomic E-state index is -0.307. The summed E-state index contributed by atoms with van der Waals surface area (Å²) in [5.74, 6) is 1.30. The molecule has 2 aromatic carbocycles. The summed E-state index contributed by atoms with van der Waals surface area (Å²) in [4.78, 5) is 27.1. The van der Waals surface area contributed by atoms with Crippen LogP contribution in [0.5, 0.6) is 5.75 Å². The summed E-state index contributed by atoms with van der Waals surface area (Å²) in [7, 11) is 5.20. The second-order valence-corrected chi connectivity index (χ2v) is 7.65. The van der Waals surface area contributed by atoms with Crippen LogP contribution in [0.3, 0.4) is 0 Å². The third-order valence-electron chi connectivity index (χ3n) is 5.17. The lowest BCUT2D eigenvalue weighted by Gasteiger charge is -2.16. The number of nitrogens with zero attached hydrogens (tertiary/aromatic N) is 4. The van der Waals surface area contributed by atoms with E-state index in [2.05, 4.69) is 15.3 Å². The molecule has 4 rings (SSSR count). The molecule has 1 amide bonds. The monoisotopic (exact) mass is 445 g/mol. The lowest BCUT2D eigenvalue weighted by Crippen LogP contribution is -2.23. The fourth-order valence-corrected chi connectivity index (χ4v) is 3.41. The number of halogens is 1. The molecule has 0 atom stereocenters. The average Bonchev–Trinajstić information content (AvgIpc) is 2.84. The molecule has 0 aliphatic rings. The standard InChI is InChI=1S/C25H24FN5O2/c1-27-25-20-13-18(16-6-8-19(26)9-7-16)14-21(33-12-10-22(32)31(2)3)23(20)29-24(30-25)17-5-4-11-28-15-17/h4-9,11,13-15H,10,12H2,1-3H3,(H,27,29,30). The van der Waals surface area contributed by atoms with Crippen LogP contribution in [-0.2, 0) is 4.79 Å². The molecule has 0 saturated carbocycles. The van der Waals surface area contributed by atoms with Crippen molar-refractivity contribution in [2.24, 2.45) is 0 Å². The van der Waals surface area contributed by atoms with E-state index in [4.69, 9.17) is 9.72 Å². The summed E-state index contributed by atoms with van der Waals surface area (Å²) < 4.78 is 19.5. The van der Waals surface area contributed by atoms with Gasteiger partial charge in [-0.25, -0.2) is 14.4 Å². The van der Waals surface area contributed by atoms with E-state index in [-0.39, 0.29) is 24.8 Å². The number of carbonyl (C=O) groups is 1. The Morgan fingerprint density at radius 2 is 1.85 bits per heavy atom. The Hall–Kier alpha value is -4.07. The summed E-state index contributed by atoms with van der Waals surface area (Å²) >= 11 is 0. The molecule has 1 N–H and O–H groups in total. The lowest BCUT2D eigenvalue weighted by atomic mass is 10.0. The zero-order valence-electron chi connectivity index (χ0n) is 18.7. The van der Waals surface area contributed by atoms with Crippen molar-refractivity contribution in [2.75, 3.05) is 33.1 Å². The molecule has 0 bridgehead atoms. The number of aromatic nitrogens is 3. The zero-order valence-corrected chi connectivity index (χ0v) is 18.7. The molecule has 33 heavy (non-hydrogen) atoms. The number of fused-ring (bicyclic) bond motifs is 1. The number of hydrogen-bond acceptors (Lipinski definition) is 6. The van der Waals surface area contributed by atoms with Gasteiger partial charge in [-0.15, -0.1) is 0 Å². The van der Waals surface area contributed by atoms with Crippen LogP contribution in [-0.4, -0.2) is 53.5 Å². The predicted octanol–water partition coefficient (Wildman–Crippen LogP) is 4.40. The maximum absolute atomic E-state index is 13.5. The van der Waals surface area contributed by atoms with Gasteiger partial charge in [-0.2, -0.15) is 0 Å². The van der Waals surface area contributed by atoms with E-state index >= 15 is 0 Å². The van der Waals surface area contributed by atoms with Gasteiger partial charge < -0.3 is 15.0 Å². The zero-order chi connectivity index (χ0) is 23.4. The van der Waals surface area contributed by atoms with E-state index in [0.717, 1.165) is 22.1 Å². The number of anilines is 1. The number of hydrogen-bond donors (Lipinski definition) is 1. The molecule has 0 spiro atoms. The number of amides is 1. The smallest absolute Gasteiger partial charge is 0.225 e. The van der Waals surface area contributed by atoms with Gasteiger partial charge in [0, 0.05) is 44.5 Å².